The van der Waals surface area contributed by atoms with E-state index in [0.717, 1.165) is 12.1 Å². The second-order valence-electron chi connectivity index (χ2n) is 4.25. The summed E-state index contributed by atoms with van der Waals surface area (Å²) in [6.45, 7) is -0.0109. The SMILES string of the molecule is Cl.Fc1ccc(NC[C@@H]2C[C@H]2C(F)(F)F)c(F)c1Cl. The Kier molecular flexibility index (Phi) is 4.90. The number of benzene rings is 1. The van der Waals surface area contributed by atoms with Crippen LogP contribution in [-0.2, 0) is 0 Å². The quantitative estimate of drug-likeness (QED) is 0.631. The molecule has 1 aliphatic carbocycles. The zero-order valence-corrected chi connectivity index (χ0v) is 11.0. The summed E-state index contributed by atoms with van der Waals surface area (Å²) in [5, 5.41) is 1.86. The Balaban J connectivity index is 0.00000180. The van der Waals surface area contributed by atoms with Gasteiger partial charge in [-0.25, -0.2) is 8.78 Å². The van der Waals surface area contributed by atoms with Gasteiger partial charge >= 0.3 is 6.18 Å². The highest BCUT2D eigenvalue weighted by Gasteiger charge is 2.55. The molecule has 8 heteroatoms. The molecular formula is C11H10Cl2F5N. The summed E-state index contributed by atoms with van der Waals surface area (Å²) in [7, 11) is 0. The van der Waals surface area contributed by atoms with Crippen LogP contribution >= 0.6 is 24.0 Å². The van der Waals surface area contributed by atoms with Crippen molar-refractivity contribution in [2.24, 2.45) is 11.8 Å². The van der Waals surface area contributed by atoms with Crippen molar-refractivity contribution in [1.29, 1.82) is 0 Å². The first-order valence-electron chi connectivity index (χ1n) is 5.24. The molecule has 108 valence electrons. The Morgan fingerprint density at radius 1 is 1.26 bits per heavy atom. The number of hydrogen-bond acceptors (Lipinski definition) is 1. The van der Waals surface area contributed by atoms with E-state index in [1.807, 2.05) is 0 Å². The monoisotopic (exact) mass is 321 g/mol. The van der Waals surface area contributed by atoms with Gasteiger partial charge < -0.3 is 5.32 Å². The molecule has 0 bridgehead atoms. The van der Waals surface area contributed by atoms with Crippen molar-refractivity contribution >= 4 is 29.7 Å². The van der Waals surface area contributed by atoms with Gasteiger partial charge in [0.15, 0.2) is 5.82 Å². The minimum atomic E-state index is -4.20. The summed E-state index contributed by atoms with van der Waals surface area (Å²) in [4.78, 5) is 0. The molecule has 0 heterocycles. The van der Waals surface area contributed by atoms with Gasteiger partial charge in [0, 0.05) is 6.54 Å². The Labute approximate surface area is 117 Å². The molecule has 1 aromatic rings. The smallest absolute Gasteiger partial charge is 0.382 e. The molecule has 0 unspecified atom stereocenters. The number of alkyl halides is 3. The van der Waals surface area contributed by atoms with Crippen molar-refractivity contribution in [3.05, 3.63) is 28.8 Å². The molecular weight excluding hydrogens is 312 g/mol. The van der Waals surface area contributed by atoms with Crippen LogP contribution in [0.25, 0.3) is 0 Å². The van der Waals surface area contributed by atoms with E-state index in [9.17, 15) is 22.0 Å². The van der Waals surface area contributed by atoms with Gasteiger partial charge in [-0.2, -0.15) is 13.2 Å². The van der Waals surface area contributed by atoms with Crippen molar-refractivity contribution in [1.82, 2.24) is 0 Å². The highest BCUT2D eigenvalue weighted by molar-refractivity contribution is 6.31. The number of halogens is 7. The average molecular weight is 322 g/mol. The Hall–Kier alpha value is -0.750. The van der Waals surface area contributed by atoms with E-state index in [0.29, 0.717) is 0 Å². The molecule has 1 nitrogen and oxygen atoms in total. The molecule has 0 amide bonds. The molecule has 2 atom stereocenters. The van der Waals surface area contributed by atoms with Crippen molar-refractivity contribution in [3.63, 3.8) is 0 Å². The van der Waals surface area contributed by atoms with E-state index >= 15 is 0 Å². The zero-order chi connectivity index (χ0) is 13.5. The molecule has 2 rings (SSSR count). The number of hydrogen-bond donors (Lipinski definition) is 1. The van der Waals surface area contributed by atoms with Gasteiger partial charge in [0.05, 0.1) is 11.6 Å². The van der Waals surface area contributed by atoms with Crippen LogP contribution in [0.1, 0.15) is 6.42 Å². The Bertz CT molecular complexity index is 463. The van der Waals surface area contributed by atoms with Crippen LogP contribution in [0.3, 0.4) is 0 Å². The highest BCUT2D eigenvalue weighted by atomic mass is 35.5. The normalized spacial score (nSPS) is 21.8. The van der Waals surface area contributed by atoms with Crippen LogP contribution in [0.4, 0.5) is 27.6 Å². The first-order valence-corrected chi connectivity index (χ1v) is 5.62. The van der Waals surface area contributed by atoms with E-state index in [4.69, 9.17) is 11.6 Å². The van der Waals surface area contributed by atoms with Crippen LogP contribution in [0.2, 0.25) is 5.02 Å². The molecule has 1 aliphatic rings. The second-order valence-corrected chi connectivity index (χ2v) is 4.63. The highest BCUT2D eigenvalue weighted by Crippen LogP contribution is 2.50. The van der Waals surface area contributed by atoms with Gasteiger partial charge in [-0.1, -0.05) is 11.6 Å². The van der Waals surface area contributed by atoms with Gasteiger partial charge in [-0.05, 0) is 24.5 Å². The Morgan fingerprint density at radius 3 is 2.42 bits per heavy atom. The van der Waals surface area contributed by atoms with Crippen molar-refractivity contribution in [3.8, 4) is 0 Å². The molecule has 19 heavy (non-hydrogen) atoms. The molecule has 1 aromatic carbocycles. The minimum Gasteiger partial charge on any atom is -0.382 e. The average Bonchev–Trinajstić information content (AvgIpc) is 3.04. The van der Waals surface area contributed by atoms with Gasteiger partial charge in [0.25, 0.3) is 0 Å². The maximum Gasteiger partial charge on any atom is 0.392 e. The lowest BCUT2D eigenvalue weighted by Crippen LogP contribution is -2.15. The van der Waals surface area contributed by atoms with Crippen molar-refractivity contribution < 1.29 is 22.0 Å². The predicted octanol–water partition coefficient (Wildman–Crippen LogP) is 4.65. The molecule has 1 saturated carbocycles. The van der Waals surface area contributed by atoms with Gasteiger partial charge in [0.2, 0.25) is 0 Å². The summed E-state index contributed by atoms with van der Waals surface area (Å²) in [6.07, 6.45) is -4.17. The fourth-order valence-electron chi connectivity index (χ4n) is 1.78. The molecule has 0 radical (unpaired) electrons. The van der Waals surface area contributed by atoms with Crippen LogP contribution in [-0.4, -0.2) is 12.7 Å². The summed E-state index contributed by atoms with van der Waals surface area (Å²) in [6, 6.07) is 2.07. The second kappa shape index (κ2) is 5.71. The van der Waals surface area contributed by atoms with Gasteiger partial charge in [-0.15, -0.1) is 12.4 Å². The van der Waals surface area contributed by atoms with Gasteiger partial charge in [0.1, 0.15) is 10.8 Å². The molecule has 0 aliphatic heterocycles. The summed E-state index contributed by atoms with van der Waals surface area (Å²) in [5.74, 6) is -3.78. The fourth-order valence-corrected chi connectivity index (χ4v) is 1.94. The predicted molar refractivity (Wildman–Crippen MR) is 64.8 cm³/mol. The molecule has 1 fully saturated rings. The lowest BCUT2D eigenvalue weighted by Gasteiger charge is -2.09. The van der Waals surface area contributed by atoms with Crippen molar-refractivity contribution in [2.75, 3.05) is 11.9 Å². The van der Waals surface area contributed by atoms with E-state index in [1.54, 1.807) is 0 Å². The fraction of sp³-hybridized carbons (Fsp3) is 0.455. The van der Waals surface area contributed by atoms with Crippen LogP contribution < -0.4 is 5.32 Å². The molecule has 0 saturated heterocycles. The maximum absolute atomic E-state index is 13.4. The first kappa shape index (κ1) is 16.3. The standard InChI is InChI=1S/C11H9ClF5N.ClH/c12-9-7(13)1-2-8(10(9)14)18-4-5-3-6(5)11(15,16)17;/h1-2,5-6,18H,3-4H2;1H/t5-,6+;/m0./s1. The van der Waals surface area contributed by atoms with E-state index in [1.165, 1.54) is 0 Å². The Morgan fingerprint density at radius 2 is 1.89 bits per heavy atom. The maximum atomic E-state index is 13.4. The molecule has 0 spiro atoms. The van der Waals surface area contributed by atoms with Crippen molar-refractivity contribution in [2.45, 2.75) is 12.6 Å². The van der Waals surface area contributed by atoms with E-state index in [2.05, 4.69) is 5.32 Å². The third-order valence-electron chi connectivity index (χ3n) is 2.93. The lowest BCUT2D eigenvalue weighted by atomic mass is 10.2. The largest absolute Gasteiger partial charge is 0.392 e. The number of anilines is 1. The van der Waals surface area contributed by atoms with E-state index < -0.39 is 34.7 Å². The summed E-state index contributed by atoms with van der Waals surface area (Å²) in [5.41, 5.74) is -0.0887. The number of nitrogens with one attached hydrogen (secondary N) is 1. The molecule has 1 N–H and O–H groups in total. The topological polar surface area (TPSA) is 12.0 Å². The summed E-state index contributed by atoms with van der Waals surface area (Å²) < 4.78 is 63.0. The van der Waals surface area contributed by atoms with E-state index in [-0.39, 0.29) is 31.1 Å². The molecule has 0 aromatic heterocycles. The zero-order valence-electron chi connectivity index (χ0n) is 9.40. The summed E-state index contributed by atoms with van der Waals surface area (Å²) >= 11 is 5.35. The van der Waals surface area contributed by atoms with Gasteiger partial charge in [-0.3, -0.25) is 0 Å². The lowest BCUT2D eigenvalue weighted by molar-refractivity contribution is -0.150. The minimum absolute atomic E-state index is 0. The third kappa shape index (κ3) is 3.63. The first-order chi connectivity index (χ1) is 8.30. The third-order valence-corrected chi connectivity index (χ3v) is 3.28. The van der Waals surface area contributed by atoms with Crippen LogP contribution in [0.5, 0.6) is 0 Å². The van der Waals surface area contributed by atoms with Crippen LogP contribution in [0, 0.1) is 23.5 Å². The van der Waals surface area contributed by atoms with Crippen LogP contribution in [0.15, 0.2) is 12.1 Å². The number of rotatable bonds is 3.